The standard InChI is InChI=1S/C11H21N3O/c1-2-6-14(10-7-12-8-10)11(15)13-9-4-3-5-9/h9-10,12H,2-8H2,1H3,(H,13,15). The van der Waals surface area contributed by atoms with Gasteiger partial charge < -0.3 is 15.5 Å². The zero-order valence-electron chi connectivity index (χ0n) is 9.46. The van der Waals surface area contributed by atoms with Crippen LogP contribution >= 0.6 is 0 Å². The van der Waals surface area contributed by atoms with E-state index < -0.39 is 0 Å². The second-order valence-electron chi connectivity index (χ2n) is 4.58. The number of carbonyl (C=O) groups is 1. The molecule has 2 fully saturated rings. The molecular weight excluding hydrogens is 190 g/mol. The van der Waals surface area contributed by atoms with Crippen LogP contribution in [0.25, 0.3) is 0 Å². The fraction of sp³-hybridized carbons (Fsp3) is 0.909. The van der Waals surface area contributed by atoms with E-state index in [4.69, 9.17) is 0 Å². The highest BCUT2D eigenvalue weighted by Gasteiger charge is 2.29. The maximum absolute atomic E-state index is 12.0. The molecule has 0 unspecified atom stereocenters. The Morgan fingerprint density at radius 2 is 2.20 bits per heavy atom. The summed E-state index contributed by atoms with van der Waals surface area (Å²) in [6.07, 6.45) is 4.63. The summed E-state index contributed by atoms with van der Waals surface area (Å²) in [6, 6.07) is 1.02. The molecule has 2 rings (SSSR count). The van der Waals surface area contributed by atoms with Gasteiger partial charge in [0.05, 0.1) is 6.04 Å². The van der Waals surface area contributed by atoms with Gasteiger partial charge in [0, 0.05) is 25.7 Å². The van der Waals surface area contributed by atoms with E-state index >= 15 is 0 Å². The van der Waals surface area contributed by atoms with Gasteiger partial charge in [0.25, 0.3) is 0 Å². The van der Waals surface area contributed by atoms with Gasteiger partial charge in [0.15, 0.2) is 0 Å². The monoisotopic (exact) mass is 211 g/mol. The van der Waals surface area contributed by atoms with Crippen molar-refractivity contribution in [1.82, 2.24) is 15.5 Å². The maximum Gasteiger partial charge on any atom is 0.317 e. The Morgan fingerprint density at radius 3 is 2.60 bits per heavy atom. The Morgan fingerprint density at radius 1 is 1.47 bits per heavy atom. The number of nitrogens with one attached hydrogen (secondary N) is 2. The van der Waals surface area contributed by atoms with Crippen molar-refractivity contribution in [2.45, 2.75) is 44.7 Å². The van der Waals surface area contributed by atoms with Gasteiger partial charge in [-0.1, -0.05) is 6.92 Å². The Hall–Kier alpha value is -0.770. The normalized spacial score (nSPS) is 21.7. The topological polar surface area (TPSA) is 44.4 Å². The second-order valence-corrected chi connectivity index (χ2v) is 4.58. The molecule has 0 atom stereocenters. The minimum Gasteiger partial charge on any atom is -0.335 e. The average Bonchev–Trinajstić information content (AvgIpc) is 2.07. The molecule has 0 radical (unpaired) electrons. The number of urea groups is 1. The van der Waals surface area contributed by atoms with Crippen LogP contribution in [0, 0.1) is 0 Å². The molecule has 1 aliphatic heterocycles. The van der Waals surface area contributed by atoms with Crippen molar-refractivity contribution < 1.29 is 4.79 Å². The van der Waals surface area contributed by atoms with Crippen molar-refractivity contribution in [2.24, 2.45) is 0 Å². The molecule has 4 nitrogen and oxygen atoms in total. The molecule has 1 aliphatic carbocycles. The largest absolute Gasteiger partial charge is 0.335 e. The summed E-state index contributed by atoms with van der Waals surface area (Å²) in [5, 5.41) is 6.32. The highest BCUT2D eigenvalue weighted by molar-refractivity contribution is 5.75. The Kier molecular flexibility index (Phi) is 3.46. The fourth-order valence-electron chi connectivity index (χ4n) is 1.99. The first-order valence-electron chi connectivity index (χ1n) is 6.09. The van der Waals surface area contributed by atoms with E-state index in [2.05, 4.69) is 17.6 Å². The molecule has 0 spiro atoms. The van der Waals surface area contributed by atoms with Gasteiger partial charge >= 0.3 is 6.03 Å². The lowest BCUT2D eigenvalue weighted by Crippen LogP contribution is -2.62. The number of rotatable bonds is 4. The van der Waals surface area contributed by atoms with E-state index in [1.54, 1.807) is 0 Å². The molecule has 0 aromatic heterocycles. The molecule has 2 N–H and O–H groups in total. The summed E-state index contributed by atoms with van der Waals surface area (Å²) in [5.41, 5.74) is 0. The predicted molar refractivity (Wildman–Crippen MR) is 59.8 cm³/mol. The predicted octanol–water partition coefficient (Wildman–Crippen LogP) is 0.932. The van der Waals surface area contributed by atoms with Gasteiger partial charge in [0.1, 0.15) is 0 Å². The maximum atomic E-state index is 12.0. The first-order valence-corrected chi connectivity index (χ1v) is 6.09. The van der Waals surface area contributed by atoms with E-state index in [9.17, 15) is 4.79 Å². The molecule has 0 aromatic carbocycles. The Labute approximate surface area is 91.4 Å². The smallest absolute Gasteiger partial charge is 0.317 e. The van der Waals surface area contributed by atoms with Crippen molar-refractivity contribution in [3.05, 3.63) is 0 Å². The molecule has 1 saturated heterocycles. The van der Waals surface area contributed by atoms with Crippen LogP contribution in [-0.2, 0) is 0 Å². The molecule has 2 amide bonds. The van der Waals surface area contributed by atoms with Crippen LogP contribution in [0.15, 0.2) is 0 Å². The molecule has 1 saturated carbocycles. The first kappa shape index (κ1) is 10.7. The summed E-state index contributed by atoms with van der Waals surface area (Å²) >= 11 is 0. The zero-order chi connectivity index (χ0) is 10.7. The van der Waals surface area contributed by atoms with E-state index in [0.29, 0.717) is 12.1 Å². The van der Waals surface area contributed by atoms with Crippen LogP contribution in [0.2, 0.25) is 0 Å². The van der Waals surface area contributed by atoms with E-state index in [1.807, 2.05) is 4.90 Å². The number of nitrogens with zero attached hydrogens (tertiary/aromatic N) is 1. The zero-order valence-corrected chi connectivity index (χ0v) is 9.46. The third-order valence-electron chi connectivity index (χ3n) is 3.36. The number of hydrogen-bond acceptors (Lipinski definition) is 2. The molecule has 86 valence electrons. The molecule has 0 bridgehead atoms. The lowest BCUT2D eigenvalue weighted by molar-refractivity contribution is 0.142. The molecule has 1 heterocycles. The van der Waals surface area contributed by atoms with Crippen LogP contribution in [-0.4, -0.2) is 42.6 Å². The quantitative estimate of drug-likeness (QED) is 0.726. The van der Waals surface area contributed by atoms with Gasteiger partial charge in [-0.2, -0.15) is 0 Å². The fourth-order valence-corrected chi connectivity index (χ4v) is 1.99. The van der Waals surface area contributed by atoms with E-state index in [0.717, 1.165) is 38.9 Å². The summed E-state index contributed by atoms with van der Waals surface area (Å²) in [5.74, 6) is 0. The van der Waals surface area contributed by atoms with Gasteiger partial charge in [-0.25, -0.2) is 4.79 Å². The number of carbonyl (C=O) groups excluding carboxylic acids is 1. The minimum atomic E-state index is 0.146. The summed E-state index contributed by atoms with van der Waals surface area (Å²) < 4.78 is 0. The van der Waals surface area contributed by atoms with E-state index in [1.165, 1.54) is 6.42 Å². The van der Waals surface area contributed by atoms with Gasteiger partial charge in [-0.05, 0) is 25.7 Å². The average molecular weight is 211 g/mol. The third-order valence-corrected chi connectivity index (χ3v) is 3.36. The van der Waals surface area contributed by atoms with Gasteiger partial charge in [-0.15, -0.1) is 0 Å². The van der Waals surface area contributed by atoms with Crippen molar-refractivity contribution in [2.75, 3.05) is 19.6 Å². The van der Waals surface area contributed by atoms with Crippen LogP contribution in [0.5, 0.6) is 0 Å². The number of hydrogen-bond donors (Lipinski definition) is 2. The number of amides is 2. The van der Waals surface area contributed by atoms with Gasteiger partial charge in [-0.3, -0.25) is 0 Å². The van der Waals surface area contributed by atoms with Crippen molar-refractivity contribution in [3.8, 4) is 0 Å². The van der Waals surface area contributed by atoms with E-state index in [-0.39, 0.29) is 6.03 Å². The van der Waals surface area contributed by atoms with Crippen molar-refractivity contribution in [1.29, 1.82) is 0 Å². The molecule has 15 heavy (non-hydrogen) atoms. The minimum absolute atomic E-state index is 0.146. The lowest BCUT2D eigenvalue weighted by Gasteiger charge is -2.39. The van der Waals surface area contributed by atoms with Crippen LogP contribution < -0.4 is 10.6 Å². The highest BCUT2D eigenvalue weighted by Crippen LogP contribution is 2.18. The highest BCUT2D eigenvalue weighted by atomic mass is 16.2. The SMILES string of the molecule is CCCN(C(=O)NC1CCC1)C1CNC1. The third kappa shape index (κ3) is 2.43. The molecular formula is C11H21N3O. The Bertz CT molecular complexity index is 224. The Balaban J connectivity index is 1.81. The molecule has 0 aromatic rings. The first-order chi connectivity index (χ1) is 7.31. The van der Waals surface area contributed by atoms with Crippen LogP contribution in [0.1, 0.15) is 32.6 Å². The molecule has 2 aliphatic rings. The van der Waals surface area contributed by atoms with Crippen molar-refractivity contribution >= 4 is 6.03 Å². The summed E-state index contributed by atoms with van der Waals surface area (Å²) in [4.78, 5) is 14.0. The summed E-state index contributed by atoms with van der Waals surface area (Å²) in [7, 11) is 0. The van der Waals surface area contributed by atoms with Crippen LogP contribution in [0.3, 0.4) is 0 Å². The summed E-state index contributed by atoms with van der Waals surface area (Å²) in [6.45, 7) is 4.91. The van der Waals surface area contributed by atoms with Crippen molar-refractivity contribution in [3.63, 3.8) is 0 Å². The molecule has 4 heteroatoms. The second kappa shape index (κ2) is 4.84. The van der Waals surface area contributed by atoms with Gasteiger partial charge in [0.2, 0.25) is 0 Å². The van der Waals surface area contributed by atoms with Crippen LogP contribution in [0.4, 0.5) is 4.79 Å². The lowest BCUT2D eigenvalue weighted by atomic mass is 9.93.